The Labute approximate surface area is 131 Å². The Morgan fingerprint density at radius 1 is 1.48 bits per heavy atom. The second-order valence-electron chi connectivity index (χ2n) is 5.59. The van der Waals surface area contributed by atoms with Crippen molar-refractivity contribution < 1.29 is 18.3 Å². The van der Waals surface area contributed by atoms with E-state index in [-0.39, 0.29) is 24.0 Å². The van der Waals surface area contributed by atoms with Crippen LogP contribution in [-0.2, 0) is 4.74 Å². The van der Waals surface area contributed by atoms with Crippen molar-refractivity contribution in [3.05, 3.63) is 24.0 Å². The van der Waals surface area contributed by atoms with E-state index in [9.17, 15) is 13.6 Å². The number of aromatic amines is 1. The molecular formula is C15H18F2N4O2. The summed E-state index contributed by atoms with van der Waals surface area (Å²) >= 11 is 0. The maximum Gasteiger partial charge on any atom is 0.322 e. The molecule has 2 N–H and O–H groups in total. The number of fused-ring (bicyclic) bond motifs is 1. The van der Waals surface area contributed by atoms with Crippen molar-refractivity contribution in [2.24, 2.45) is 0 Å². The Balaban J connectivity index is 1.76. The minimum atomic E-state index is -2.66. The Hall–Kier alpha value is -2.22. The first kappa shape index (κ1) is 15.7. The maximum atomic E-state index is 12.7. The number of rotatable bonds is 2. The van der Waals surface area contributed by atoms with Gasteiger partial charge in [0.25, 0.3) is 6.43 Å². The van der Waals surface area contributed by atoms with E-state index in [0.29, 0.717) is 29.9 Å². The van der Waals surface area contributed by atoms with Crippen molar-refractivity contribution in [1.82, 2.24) is 14.9 Å². The summed E-state index contributed by atoms with van der Waals surface area (Å²) in [6.07, 6.45) is -2.69. The number of alkyl halides is 2. The number of benzene rings is 1. The van der Waals surface area contributed by atoms with Gasteiger partial charge in [0.2, 0.25) is 0 Å². The monoisotopic (exact) mass is 324 g/mol. The van der Waals surface area contributed by atoms with Crippen molar-refractivity contribution >= 4 is 22.8 Å². The van der Waals surface area contributed by atoms with Gasteiger partial charge in [0.05, 0.1) is 29.8 Å². The lowest BCUT2D eigenvalue weighted by molar-refractivity contribution is -0.0355. The van der Waals surface area contributed by atoms with E-state index < -0.39 is 6.43 Å². The molecule has 124 valence electrons. The molecule has 23 heavy (non-hydrogen) atoms. The van der Waals surface area contributed by atoms with Crippen molar-refractivity contribution in [1.29, 1.82) is 0 Å². The van der Waals surface area contributed by atoms with Crippen LogP contribution in [0.4, 0.5) is 19.3 Å². The van der Waals surface area contributed by atoms with Gasteiger partial charge in [-0.15, -0.1) is 0 Å². The molecule has 6 nitrogen and oxygen atoms in total. The number of carbonyl (C=O) groups is 1. The third-order valence-electron chi connectivity index (χ3n) is 4.10. The van der Waals surface area contributed by atoms with Crippen LogP contribution in [0.15, 0.2) is 18.2 Å². The largest absolute Gasteiger partial charge is 0.375 e. The van der Waals surface area contributed by atoms with Gasteiger partial charge in [0.15, 0.2) is 5.82 Å². The van der Waals surface area contributed by atoms with E-state index in [1.165, 1.54) is 0 Å². The summed E-state index contributed by atoms with van der Waals surface area (Å²) in [6.45, 7) is 4.86. The van der Waals surface area contributed by atoms with Crippen molar-refractivity contribution in [3.8, 4) is 0 Å². The number of aromatic nitrogens is 2. The highest BCUT2D eigenvalue weighted by Gasteiger charge is 2.29. The van der Waals surface area contributed by atoms with Crippen LogP contribution >= 0.6 is 0 Å². The first-order chi connectivity index (χ1) is 11.0. The molecule has 0 aliphatic carbocycles. The minimum Gasteiger partial charge on any atom is -0.375 e. The summed E-state index contributed by atoms with van der Waals surface area (Å²) in [5.41, 5.74) is 1.42. The first-order valence-corrected chi connectivity index (χ1v) is 7.42. The van der Waals surface area contributed by atoms with Gasteiger partial charge in [-0.05, 0) is 32.0 Å². The predicted molar refractivity (Wildman–Crippen MR) is 81.7 cm³/mol. The summed E-state index contributed by atoms with van der Waals surface area (Å²) in [5, 5.41) is 2.79. The zero-order valence-corrected chi connectivity index (χ0v) is 12.8. The summed E-state index contributed by atoms with van der Waals surface area (Å²) < 4.78 is 30.8. The second-order valence-corrected chi connectivity index (χ2v) is 5.59. The zero-order valence-electron chi connectivity index (χ0n) is 12.8. The number of nitrogens with one attached hydrogen (secondary N) is 2. The van der Waals surface area contributed by atoms with E-state index in [2.05, 4.69) is 15.3 Å². The average molecular weight is 324 g/mol. The molecule has 2 heterocycles. The number of nitrogens with zero attached hydrogens (tertiary/aromatic N) is 2. The molecule has 0 unspecified atom stereocenters. The van der Waals surface area contributed by atoms with Gasteiger partial charge in [0.1, 0.15) is 0 Å². The van der Waals surface area contributed by atoms with Gasteiger partial charge in [-0.2, -0.15) is 0 Å². The average Bonchev–Trinajstić information content (AvgIpc) is 2.93. The smallest absolute Gasteiger partial charge is 0.322 e. The van der Waals surface area contributed by atoms with E-state index in [0.717, 1.165) is 0 Å². The summed E-state index contributed by atoms with van der Waals surface area (Å²) in [7, 11) is 0. The number of H-pyrrole nitrogens is 1. The zero-order chi connectivity index (χ0) is 16.6. The van der Waals surface area contributed by atoms with Gasteiger partial charge in [-0.3, -0.25) is 0 Å². The number of anilines is 1. The molecule has 2 aromatic rings. The quantitative estimate of drug-likeness (QED) is 0.891. The number of halogens is 2. The lowest BCUT2D eigenvalue weighted by Gasteiger charge is -2.37. The fourth-order valence-electron chi connectivity index (χ4n) is 2.63. The number of imidazole rings is 1. The van der Waals surface area contributed by atoms with Crippen LogP contribution < -0.4 is 5.32 Å². The molecule has 0 radical (unpaired) electrons. The van der Waals surface area contributed by atoms with Gasteiger partial charge in [-0.25, -0.2) is 18.6 Å². The van der Waals surface area contributed by atoms with Crippen LogP contribution in [0.2, 0.25) is 0 Å². The molecule has 1 fully saturated rings. The lowest BCUT2D eigenvalue weighted by Crippen LogP contribution is -2.52. The van der Waals surface area contributed by atoms with Crippen LogP contribution in [0.3, 0.4) is 0 Å². The number of urea groups is 1. The number of carbonyl (C=O) groups excluding carboxylic acids is 1. The molecule has 1 saturated heterocycles. The van der Waals surface area contributed by atoms with Crippen LogP contribution in [0.5, 0.6) is 0 Å². The number of morpholine rings is 1. The molecular weight excluding hydrogens is 306 g/mol. The Kier molecular flexibility index (Phi) is 4.16. The lowest BCUT2D eigenvalue weighted by atomic mass is 10.1. The predicted octanol–water partition coefficient (Wildman–Crippen LogP) is 3.14. The van der Waals surface area contributed by atoms with E-state index >= 15 is 0 Å². The fourth-order valence-corrected chi connectivity index (χ4v) is 2.63. The van der Waals surface area contributed by atoms with Gasteiger partial charge in [0, 0.05) is 12.2 Å². The highest BCUT2D eigenvalue weighted by atomic mass is 19.3. The molecule has 2 atom stereocenters. The second kappa shape index (κ2) is 6.11. The number of amides is 2. The molecule has 0 saturated carbocycles. The molecule has 1 aliphatic heterocycles. The Morgan fingerprint density at radius 2 is 2.26 bits per heavy atom. The summed E-state index contributed by atoms with van der Waals surface area (Å²) in [4.78, 5) is 20.4. The van der Waals surface area contributed by atoms with Crippen molar-refractivity contribution in [2.45, 2.75) is 32.4 Å². The Morgan fingerprint density at radius 3 is 3.00 bits per heavy atom. The van der Waals surface area contributed by atoms with Gasteiger partial charge in [-0.1, -0.05) is 0 Å². The van der Waals surface area contributed by atoms with Crippen molar-refractivity contribution in [3.63, 3.8) is 0 Å². The Bertz CT molecular complexity index is 719. The molecule has 8 heteroatoms. The fraction of sp³-hybridized carbons (Fsp3) is 0.467. The number of hydrogen-bond acceptors (Lipinski definition) is 3. The molecule has 0 spiro atoms. The van der Waals surface area contributed by atoms with E-state index in [1.807, 2.05) is 13.8 Å². The SMILES string of the molecule is C[C@@H]1OCCN(C(=O)Nc2ccc3nc(C(F)F)[nH]c3c2)[C@H]1C. The summed E-state index contributed by atoms with van der Waals surface area (Å²) in [6, 6.07) is 4.56. The normalized spacial score (nSPS) is 21.9. The molecule has 1 aliphatic rings. The highest BCUT2D eigenvalue weighted by Crippen LogP contribution is 2.23. The highest BCUT2D eigenvalue weighted by molar-refractivity contribution is 5.92. The van der Waals surface area contributed by atoms with Crippen LogP contribution in [0.25, 0.3) is 11.0 Å². The van der Waals surface area contributed by atoms with Crippen LogP contribution in [-0.4, -0.2) is 46.2 Å². The topological polar surface area (TPSA) is 70.2 Å². The first-order valence-electron chi connectivity index (χ1n) is 7.42. The standard InChI is InChI=1S/C15H18F2N4O2/c1-8-9(2)23-6-5-21(8)15(22)18-10-3-4-11-12(7-10)20-14(19-11)13(16)17/h3-4,7-9,13H,5-6H2,1-2H3,(H,18,22)(H,19,20)/t8-,9-/m0/s1. The van der Waals surface area contributed by atoms with Crippen LogP contribution in [0, 0.1) is 0 Å². The molecule has 0 bridgehead atoms. The van der Waals surface area contributed by atoms with Gasteiger partial charge >= 0.3 is 6.03 Å². The summed E-state index contributed by atoms with van der Waals surface area (Å²) in [5.74, 6) is -0.376. The maximum absolute atomic E-state index is 12.7. The minimum absolute atomic E-state index is 0.0295. The number of hydrogen-bond donors (Lipinski definition) is 2. The molecule has 2 amide bonds. The third kappa shape index (κ3) is 3.12. The van der Waals surface area contributed by atoms with Gasteiger partial charge < -0.3 is 19.9 Å². The van der Waals surface area contributed by atoms with Crippen molar-refractivity contribution in [2.75, 3.05) is 18.5 Å². The molecule has 1 aromatic heterocycles. The van der Waals surface area contributed by atoms with E-state index in [4.69, 9.17) is 4.74 Å². The van der Waals surface area contributed by atoms with E-state index in [1.54, 1.807) is 23.1 Å². The van der Waals surface area contributed by atoms with Crippen LogP contribution in [0.1, 0.15) is 26.1 Å². The molecule has 3 rings (SSSR count). The molecule has 1 aromatic carbocycles. The third-order valence-corrected chi connectivity index (χ3v) is 4.10. The number of ether oxygens (including phenoxy) is 1.